The molecule has 0 fully saturated rings. The van der Waals surface area contributed by atoms with Crippen molar-refractivity contribution in [3.05, 3.63) is 104 Å². The smallest absolute Gasteiger partial charge is 0.335 e. The molecule has 10 nitrogen and oxygen atoms in total. The number of amides is 2. The average Bonchev–Trinajstić information content (AvgIpc) is 3.23. The SMILES string of the molecule is Cc1cc(CNC(=O)c2cc(C(=O)NCc3ccc(C(=O)O)c(C)c3)n3c(=O)[nH]cc3n2)ccc1F. The monoisotopic (exact) mass is 491 g/mol. The number of rotatable bonds is 7. The van der Waals surface area contributed by atoms with E-state index in [9.17, 15) is 23.6 Å². The van der Waals surface area contributed by atoms with Gasteiger partial charge in [-0.2, -0.15) is 0 Å². The van der Waals surface area contributed by atoms with E-state index in [1.807, 2.05) is 0 Å². The number of aromatic amines is 1. The maximum atomic E-state index is 13.5. The fourth-order valence-electron chi connectivity index (χ4n) is 3.75. The molecule has 0 aliphatic heterocycles. The molecule has 4 rings (SSSR count). The standard InChI is InChI=1S/C25H22FN5O5/c1-13-7-15(3-5-17(13)24(34)35)11-28-23(33)20-9-19(30-21-12-29-25(36)31(20)21)22(32)27-10-16-4-6-18(26)14(2)8-16/h3-9,12H,10-11H2,1-2H3,(H,27,32)(H,28,33)(H,29,36)(H,34,35). The van der Waals surface area contributed by atoms with E-state index in [2.05, 4.69) is 20.6 Å². The van der Waals surface area contributed by atoms with Crippen LogP contribution in [0.25, 0.3) is 5.65 Å². The Hall–Kier alpha value is -4.80. The van der Waals surface area contributed by atoms with Gasteiger partial charge in [-0.3, -0.25) is 9.59 Å². The number of aryl methyl sites for hydroxylation is 2. The molecule has 2 aromatic heterocycles. The Balaban J connectivity index is 1.55. The van der Waals surface area contributed by atoms with Crippen LogP contribution in [0.5, 0.6) is 0 Å². The lowest BCUT2D eigenvalue weighted by atomic mass is 10.1. The van der Waals surface area contributed by atoms with Crippen LogP contribution in [0.1, 0.15) is 53.6 Å². The predicted molar refractivity (Wildman–Crippen MR) is 127 cm³/mol. The average molecular weight is 491 g/mol. The maximum absolute atomic E-state index is 13.5. The normalized spacial score (nSPS) is 10.9. The molecule has 2 amide bonds. The number of halogens is 1. The molecule has 184 valence electrons. The summed E-state index contributed by atoms with van der Waals surface area (Å²) in [4.78, 5) is 55.9. The summed E-state index contributed by atoms with van der Waals surface area (Å²) in [6, 6.07) is 10.4. The lowest BCUT2D eigenvalue weighted by Gasteiger charge is -2.11. The maximum Gasteiger partial charge on any atom is 0.335 e. The summed E-state index contributed by atoms with van der Waals surface area (Å²) in [7, 11) is 0. The van der Waals surface area contributed by atoms with Crippen molar-refractivity contribution in [3.63, 3.8) is 0 Å². The van der Waals surface area contributed by atoms with Crippen LogP contribution in [0.4, 0.5) is 4.39 Å². The Morgan fingerprint density at radius 2 is 1.61 bits per heavy atom. The Kier molecular flexibility index (Phi) is 6.64. The minimum absolute atomic E-state index is 0.0635. The highest BCUT2D eigenvalue weighted by Gasteiger charge is 2.19. The second-order valence-corrected chi connectivity index (χ2v) is 8.22. The Labute approximate surface area is 203 Å². The zero-order chi connectivity index (χ0) is 26.0. The first-order chi connectivity index (χ1) is 17.1. The molecule has 4 N–H and O–H groups in total. The number of carboxylic acid groups (broad SMARTS) is 1. The fourth-order valence-corrected chi connectivity index (χ4v) is 3.75. The number of fused-ring (bicyclic) bond motifs is 1. The Morgan fingerprint density at radius 3 is 2.25 bits per heavy atom. The molecule has 11 heteroatoms. The summed E-state index contributed by atoms with van der Waals surface area (Å²) in [5, 5.41) is 14.5. The van der Waals surface area contributed by atoms with Crippen LogP contribution in [0, 0.1) is 19.7 Å². The topological polar surface area (TPSA) is 146 Å². The summed E-state index contributed by atoms with van der Waals surface area (Å²) in [6.07, 6.45) is 1.28. The largest absolute Gasteiger partial charge is 0.478 e. The van der Waals surface area contributed by atoms with Crippen molar-refractivity contribution in [2.24, 2.45) is 0 Å². The van der Waals surface area contributed by atoms with Gasteiger partial charge in [0.2, 0.25) is 0 Å². The molecule has 0 aliphatic rings. The third-order valence-electron chi connectivity index (χ3n) is 5.62. The molecule has 4 aromatic rings. The highest BCUT2D eigenvalue weighted by atomic mass is 19.1. The second kappa shape index (κ2) is 9.82. The molecule has 2 aromatic carbocycles. The van der Waals surface area contributed by atoms with Crippen LogP contribution in [-0.2, 0) is 13.1 Å². The number of nitrogens with zero attached hydrogens (tertiary/aromatic N) is 2. The van der Waals surface area contributed by atoms with Crippen molar-refractivity contribution in [1.29, 1.82) is 0 Å². The minimum atomic E-state index is -1.05. The molecule has 0 aliphatic carbocycles. The third-order valence-corrected chi connectivity index (χ3v) is 5.62. The van der Waals surface area contributed by atoms with E-state index in [-0.39, 0.29) is 41.5 Å². The molecule has 0 atom stereocenters. The van der Waals surface area contributed by atoms with Crippen molar-refractivity contribution in [1.82, 2.24) is 25.0 Å². The van der Waals surface area contributed by atoms with E-state index in [0.29, 0.717) is 22.3 Å². The van der Waals surface area contributed by atoms with Gasteiger partial charge >= 0.3 is 11.7 Å². The molecule has 0 saturated carbocycles. The van der Waals surface area contributed by atoms with Gasteiger partial charge < -0.3 is 20.7 Å². The number of benzene rings is 2. The zero-order valence-corrected chi connectivity index (χ0v) is 19.4. The fraction of sp³-hybridized carbons (Fsp3) is 0.160. The molecule has 0 saturated heterocycles. The van der Waals surface area contributed by atoms with Gasteiger partial charge in [0, 0.05) is 19.3 Å². The van der Waals surface area contributed by atoms with Gasteiger partial charge in [0.1, 0.15) is 17.2 Å². The van der Waals surface area contributed by atoms with Crippen molar-refractivity contribution in [2.45, 2.75) is 26.9 Å². The number of carbonyl (C=O) groups is 3. The summed E-state index contributed by atoms with van der Waals surface area (Å²) < 4.78 is 14.5. The molecule has 0 radical (unpaired) electrons. The van der Waals surface area contributed by atoms with E-state index in [1.54, 1.807) is 38.1 Å². The third kappa shape index (κ3) is 4.99. The quantitative estimate of drug-likeness (QED) is 0.312. The van der Waals surface area contributed by atoms with Gasteiger partial charge in [-0.1, -0.05) is 24.3 Å². The number of nitrogens with one attached hydrogen (secondary N) is 3. The molecule has 36 heavy (non-hydrogen) atoms. The number of hydrogen-bond acceptors (Lipinski definition) is 5. The van der Waals surface area contributed by atoms with E-state index >= 15 is 0 Å². The molecule has 0 bridgehead atoms. The highest BCUT2D eigenvalue weighted by molar-refractivity contribution is 5.98. The van der Waals surface area contributed by atoms with Crippen molar-refractivity contribution >= 4 is 23.4 Å². The summed E-state index contributed by atoms with van der Waals surface area (Å²) in [5.74, 6) is -2.61. The number of aromatic nitrogens is 3. The molecular formula is C25H22FN5O5. The number of imidazole rings is 1. The lowest BCUT2D eigenvalue weighted by Crippen LogP contribution is -2.30. The van der Waals surface area contributed by atoms with Gasteiger partial charge in [-0.05, 0) is 54.3 Å². The van der Waals surface area contributed by atoms with Crippen LogP contribution in [0.3, 0.4) is 0 Å². The minimum Gasteiger partial charge on any atom is -0.478 e. The molecule has 0 spiro atoms. The number of aromatic carboxylic acids is 1. The molecule has 2 heterocycles. The van der Waals surface area contributed by atoms with Gasteiger partial charge in [0.15, 0.2) is 5.65 Å². The van der Waals surface area contributed by atoms with Gasteiger partial charge in [0.25, 0.3) is 11.8 Å². The van der Waals surface area contributed by atoms with Crippen molar-refractivity contribution < 1.29 is 23.9 Å². The molecule has 0 unspecified atom stereocenters. The number of hydrogen-bond donors (Lipinski definition) is 4. The van der Waals surface area contributed by atoms with Crippen LogP contribution in [0.15, 0.2) is 53.5 Å². The first-order valence-electron chi connectivity index (χ1n) is 10.9. The van der Waals surface area contributed by atoms with Crippen molar-refractivity contribution in [3.8, 4) is 0 Å². The van der Waals surface area contributed by atoms with Crippen LogP contribution >= 0.6 is 0 Å². The number of H-pyrrole nitrogens is 1. The Bertz CT molecular complexity index is 1570. The highest BCUT2D eigenvalue weighted by Crippen LogP contribution is 2.13. The van der Waals surface area contributed by atoms with E-state index in [1.165, 1.54) is 24.4 Å². The zero-order valence-electron chi connectivity index (χ0n) is 19.4. The molecular weight excluding hydrogens is 469 g/mol. The number of carbonyl (C=O) groups excluding carboxylic acids is 2. The predicted octanol–water partition coefficient (Wildman–Crippen LogP) is 2.34. The second-order valence-electron chi connectivity index (χ2n) is 8.22. The van der Waals surface area contributed by atoms with Crippen LogP contribution < -0.4 is 16.3 Å². The Morgan fingerprint density at radius 1 is 0.972 bits per heavy atom. The summed E-state index contributed by atoms with van der Waals surface area (Å²) in [5.41, 5.74) is 1.78. The van der Waals surface area contributed by atoms with E-state index in [4.69, 9.17) is 5.11 Å². The van der Waals surface area contributed by atoms with Gasteiger partial charge in [0.05, 0.1) is 5.56 Å². The van der Waals surface area contributed by atoms with Crippen LogP contribution in [0.2, 0.25) is 0 Å². The number of carboxylic acids is 1. The van der Waals surface area contributed by atoms with E-state index < -0.39 is 23.5 Å². The van der Waals surface area contributed by atoms with Gasteiger partial charge in [-0.15, -0.1) is 0 Å². The summed E-state index contributed by atoms with van der Waals surface area (Å²) in [6.45, 7) is 3.44. The first-order valence-corrected chi connectivity index (χ1v) is 10.9. The first kappa shape index (κ1) is 24.3. The summed E-state index contributed by atoms with van der Waals surface area (Å²) >= 11 is 0. The van der Waals surface area contributed by atoms with E-state index in [0.717, 1.165) is 4.40 Å². The van der Waals surface area contributed by atoms with Gasteiger partial charge in [-0.25, -0.2) is 23.4 Å². The van der Waals surface area contributed by atoms with Crippen LogP contribution in [-0.4, -0.2) is 37.3 Å². The lowest BCUT2D eigenvalue weighted by molar-refractivity contribution is 0.0695. The van der Waals surface area contributed by atoms with Crippen molar-refractivity contribution in [2.75, 3.05) is 0 Å².